The molecule has 0 saturated carbocycles. The van der Waals surface area contributed by atoms with Gasteiger partial charge in [0.2, 0.25) is 17.7 Å². The van der Waals surface area contributed by atoms with E-state index in [1.165, 1.54) is 12.5 Å². The summed E-state index contributed by atoms with van der Waals surface area (Å²) in [5.74, 6) is -2.99. The van der Waals surface area contributed by atoms with Crippen LogP contribution in [0.1, 0.15) is 36.1 Å². The number of carboxylic acid groups (broad SMARTS) is 1. The smallest absolute Gasteiger partial charge is 0.326 e. The van der Waals surface area contributed by atoms with Gasteiger partial charge in [-0.15, -0.1) is 0 Å². The van der Waals surface area contributed by atoms with E-state index in [1.807, 2.05) is 36.4 Å². The van der Waals surface area contributed by atoms with Crippen molar-refractivity contribution >= 4 is 23.7 Å². The van der Waals surface area contributed by atoms with Crippen LogP contribution in [0, 0.1) is 0 Å². The fourth-order valence-corrected chi connectivity index (χ4v) is 4.42. The topological polar surface area (TPSA) is 205 Å². The lowest BCUT2D eigenvalue weighted by Gasteiger charge is -2.25. The lowest BCUT2D eigenvalue weighted by atomic mass is 10.0. The monoisotopic (exact) mass is 577 g/mol. The summed E-state index contributed by atoms with van der Waals surface area (Å²) in [5.41, 5.74) is 14.0. The summed E-state index contributed by atoms with van der Waals surface area (Å²) in [6, 6.07) is 13.9. The molecule has 0 bridgehead atoms. The van der Waals surface area contributed by atoms with Gasteiger partial charge in [0.05, 0.1) is 12.4 Å². The van der Waals surface area contributed by atoms with Crippen molar-refractivity contribution in [3.63, 3.8) is 0 Å². The molecule has 0 aliphatic heterocycles. The number of amides is 3. The third-order valence-corrected chi connectivity index (χ3v) is 6.72. The van der Waals surface area contributed by atoms with E-state index >= 15 is 0 Å². The maximum atomic E-state index is 13.5. The average Bonchev–Trinajstić information content (AvgIpc) is 3.50. The Morgan fingerprint density at radius 1 is 0.762 bits per heavy atom. The number of nitrogens with zero attached hydrogens (tertiary/aromatic N) is 1. The van der Waals surface area contributed by atoms with Gasteiger partial charge in [-0.05, 0) is 43.4 Å². The standard InChI is InChI=1S/C30H39N7O5/c31-14-8-7-13-24(28(39)37-26(30(41)42)16-21-11-5-2-6-12-21)35-29(40)25(17-22-18-33-19-34-22)36-27(38)23(32)15-20-9-3-1-4-10-20/h1-6,9-12,18-19,23-26H,7-8,13-17,31-32H2,(H,33,34)(H,35,40)(H,36,38)(H,37,39)(H,41,42). The summed E-state index contributed by atoms with van der Waals surface area (Å²) in [5, 5.41) is 17.7. The maximum Gasteiger partial charge on any atom is 0.326 e. The molecular formula is C30H39N7O5. The molecule has 0 aliphatic rings. The molecule has 224 valence electrons. The van der Waals surface area contributed by atoms with Crippen LogP contribution in [0.25, 0.3) is 0 Å². The van der Waals surface area contributed by atoms with E-state index in [9.17, 15) is 24.3 Å². The van der Waals surface area contributed by atoms with Crippen LogP contribution < -0.4 is 27.4 Å². The first-order valence-electron chi connectivity index (χ1n) is 13.9. The van der Waals surface area contributed by atoms with Gasteiger partial charge in [0.15, 0.2) is 0 Å². The van der Waals surface area contributed by atoms with Gasteiger partial charge in [0.1, 0.15) is 18.1 Å². The molecule has 0 aliphatic carbocycles. The van der Waals surface area contributed by atoms with E-state index in [0.717, 1.165) is 11.1 Å². The van der Waals surface area contributed by atoms with Crippen LogP contribution >= 0.6 is 0 Å². The van der Waals surface area contributed by atoms with Crippen molar-refractivity contribution in [1.82, 2.24) is 25.9 Å². The van der Waals surface area contributed by atoms with E-state index in [-0.39, 0.29) is 25.7 Å². The number of nitrogens with two attached hydrogens (primary N) is 2. The lowest BCUT2D eigenvalue weighted by Crippen LogP contribution is -2.58. The number of carbonyl (C=O) groups is 4. The molecule has 12 heteroatoms. The van der Waals surface area contributed by atoms with Gasteiger partial charge in [-0.25, -0.2) is 9.78 Å². The fraction of sp³-hybridized carbons (Fsp3) is 0.367. The molecule has 1 heterocycles. The van der Waals surface area contributed by atoms with E-state index in [0.29, 0.717) is 25.1 Å². The number of hydrogen-bond acceptors (Lipinski definition) is 7. The number of benzene rings is 2. The van der Waals surface area contributed by atoms with E-state index in [4.69, 9.17) is 11.5 Å². The second-order valence-electron chi connectivity index (χ2n) is 10.1. The van der Waals surface area contributed by atoms with Gasteiger partial charge in [-0.3, -0.25) is 14.4 Å². The van der Waals surface area contributed by atoms with E-state index < -0.39 is 47.9 Å². The number of aromatic nitrogens is 2. The molecule has 3 aromatic rings. The molecule has 1 aromatic heterocycles. The molecule has 3 rings (SSSR count). The van der Waals surface area contributed by atoms with Crippen molar-refractivity contribution in [2.45, 2.75) is 62.7 Å². The summed E-state index contributed by atoms with van der Waals surface area (Å²) in [4.78, 5) is 58.7. The van der Waals surface area contributed by atoms with Gasteiger partial charge >= 0.3 is 5.97 Å². The Labute approximate surface area is 244 Å². The van der Waals surface area contributed by atoms with E-state index in [2.05, 4.69) is 25.9 Å². The summed E-state index contributed by atoms with van der Waals surface area (Å²) in [6.45, 7) is 0.395. The van der Waals surface area contributed by atoms with Crippen LogP contribution in [-0.2, 0) is 38.4 Å². The molecule has 9 N–H and O–H groups in total. The number of H-pyrrole nitrogens is 1. The molecular weight excluding hydrogens is 538 g/mol. The quantitative estimate of drug-likeness (QED) is 0.112. The predicted octanol–water partition coefficient (Wildman–Crippen LogP) is 0.433. The Kier molecular flexibility index (Phi) is 12.7. The van der Waals surface area contributed by atoms with Crippen molar-refractivity contribution < 1.29 is 24.3 Å². The molecule has 0 spiro atoms. The summed E-state index contributed by atoms with van der Waals surface area (Å²) >= 11 is 0. The highest BCUT2D eigenvalue weighted by molar-refractivity contribution is 5.94. The molecule has 4 unspecified atom stereocenters. The Morgan fingerprint density at radius 2 is 1.33 bits per heavy atom. The van der Waals surface area contributed by atoms with Crippen molar-refractivity contribution in [2.24, 2.45) is 11.5 Å². The van der Waals surface area contributed by atoms with Crippen molar-refractivity contribution in [1.29, 1.82) is 0 Å². The van der Waals surface area contributed by atoms with Crippen molar-refractivity contribution in [3.05, 3.63) is 90.0 Å². The number of unbranched alkanes of at least 4 members (excludes halogenated alkanes) is 1. The predicted molar refractivity (Wildman–Crippen MR) is 157 cm³/mol. The number of hydrogen-bond donors (Lipinski definition) is 7. The molecule has 3 amide bonds. The Bertz CT molecular complexity index is 1270. The first-order valence-corrected chi connectivity index (χ1v) is 13.9. The second kappa shape index (κ2) is 16.7. The van der Waals surface area contributed by atoms with Gasteiger partial charge in [-0.1, -0.05) is 60.7 Å². The Morgan fingerprint density at radius 3 is 1.90 bits per heavy atom. The minimum absolute atomic E-state index is 0.0680. The number of carbonyl (C=O) groups excluding carboxylic acids is 3. The zero-order valence-corrected chi connectivity index (χ0v) is 23.4. The second-order valence-corrected chi connectivity index (χ2v) is 10.1. The molecule has 2 aromatic carbocycles. The molecule has 12 nitrogen and oxygen atoms in total. The molecule has 0 radical (unpaired) electrons. The lowest BCUT2D eigenvalue weighted by molar-refractivity contribution is -0.142. The third kappa shape index (κ3) is 10.5. The van der Waals surface area contributed by atoms with Gasteiger partial charge in [0.25, 0.3) is 0 Å². The van der Waals surface area contributed by atoms with Crippen LogP contribution in [-0.4, -0.2) is 69.5 Å². The molecule has 0 fully saturated rings. The normalized spacial score (nSPS) is 13.8. The third-order valence-electron chi connectivity index (χ3n) is 6.72. The largest absolute Gasteiger partial charge is 0.480 e. The molecule has 0 saturated heterocycles. The van der Waals surface area contributed by atoms with Crippen LogP contribution in [0.3, 0.4) is 0 Å². The minimum atomic E-state index is -1.20. The highest BCUT2D eigenvalue weighted by Crippen LogP contribution is 2.08. The summed E-state index contributed by atoms with van der Waals surface area (Å²) in [6.07, 6.45) is 4.75. The van der Waals surface area contributed by atoms with Crippen LogP contribution in [0.15, 0.2) is 73.2 Å². The average molecular weight is 578 g/mol. The maximum absolute atomic E-state index is 13.5. The Balaban J connectivity index is 1.73. The van der Waals surface area contributed by atoms with Crippen LogP contribution in [0.2, 0.25) is 0 Å². The molecule has 4 atom stereocenters. The number of carboxylic acids is 1. The summed E-state index contributed by atoms with van der Waals surface area (Å²) in [7, 11) is 0. The van der Waals surface area contributed by atoms with Crippen molar-refractivity contribution in [2.75, 3.05) is 6.54 Å². The first-order chi connectivity index (χ1) is 20.3. The number of aromatic amines is 1. The van der Waals surface area contributed by atoms with Crippen LogP contribution in [0.4, 0.5) is 0 Å². The fourth-order valence-electron chi connectivity index (χ4n) is 4.42. The van der Waals surface area contributed by atoms with Crippen LogP contribution in [0.5, 0.6) is 0 Å². The first kappa shape index (κ1) is 32.0. The number of rotatable bonds is 17. The zero-order chi connectivity index (χ0) is 30.3. The summed E-state index contributed by atoms with van der Waals surface area (Å²) < 4.78 is 0. The molecule has 42 heavy (non-hydrogen) atoms. The Hall–Kier alpha value is -4.55. The zero-order valence-electron chi connectivity index (χ0n) is 23.4. The van der Waals surface area contributed by atoms with Gasteiger partial charge in [-0.2, -0.15) is 0 Å². The highest BCUT2D eigenvalue weighted by atomic mass is 16.4. The van der Waals surface area contributed by atoms with Gasteiger partial charge in [0, 0.05) is 24.7 Å². The number of aliphatic carboxylic acids is 1. The minimum Gasteiger partial charge on any atom is -0.480 e. The number of imidazole rings is 1. The highest BCUT2D eigenvalue weighted by Gasteiger charge is 2.30. The SMILES string of the molecule is NCCCCC(NC(=O)C(Cc1cnc[nH]1)NC(=O)C(N)Cc1ccccc1)C(=O)NC(Cc1ccccc1)C(=O)O. The van der Waals surface area contributed by atoms with Crippen molar-refractivity contribution in [3.8, 4) is 0 Å². The number of nitrogens with one attached hydrogen (secondary N) is 4. The van der Waals surface area contributed by atoms with Gasteiger partial charge < -0.3 is 37.5 Å². The van der Waals surface area contributed by atoms with E-state index in [1.54, 1.807) is 24.3 Å².